The van der Waals surface area contributed by atoms with Crippen LogP contribution in [0.2, 0.25) is 5.02 Å². The molecule has 0 radical (unpaired) electrons. The van der Waals surface area contributed by atoms with Crippen LogP contribution >= 0.6 is 11.6 Å². The molecule has 102 valence electrons. The van der Waals surface area contributed by atoms with Gasteiger partial charge in [-0.25, -0.2) is 10.1 Å². The van der Waals surface area contributed by atoms with E-state index in [9.17, 15) is 0 Å². The van der Waals surface area contributed by atoms with Crippen LogP contribution in [0.3, 0.4) is 0 Å². The lowest BCUT2D eigenvalue weighted by molar-refractivity contribution is 0.310. The number of aromatic nitrogens is 3. The molecule has 0 saturated heterocycles. The third kappa shape index (κ3) is 3.29. The molecule has 0 fully saturated rings. The Kier molecular flexibility index (Phi) is 4.46. The number of ether oxygens (including phenoxy) is 2. The Bertz CT molecular complexity index is 531. The van der Waals surface area contributed by atoms with Crippen LogP contribution in [0.1, 0.15) is 12.5 Å². The van der Waals surface area contributed by atoms with Gasteiger partial charge in [0.1, 0.15) is 6.33 Å². The number of benzene rings is 1. The number of nitrogens with zero attached hydrogens (tertiary/aromatic N) is 2. The average molecular weight is 283 g/mol. The van der Waals surface area contributed by atoms with E-state index in [0.29, 0.717) is 35.6 Å². The molecule has 0 atom stereocenters. The number of nitrogens with one attached hydrogen (secondary N) is 2. The lowest BCUT2D eigenvalue weighted by atomic mass is 10.2. The van der Waals surface area contributed by atoms with E-state index < -0.39 is 0 Å². The van der Waals surface area contributed by atoms with Crippen LogP contribution in [0, 0.1) is 0 Å². The maximum atomic E-state index is 6.16. The highest BCUT2D eigenvalue weighted by molar-refractivity contribution is 6.32. The van der Waals surface area contributed by atoms with Gasteiger partial charge >= 0.3 is 0 Å². The van der Waals surface area contributed by atoms with E-state index in [-0.39, 0.29) is 0 Å². The van der Waals surface area contributed by atoms with Gasteiger partial charge in [0, 0.05) is 6.54 Å². The van der Waals surface area contributed by atoms with E-state index in [2.05, 4.69) is 20.5 Å². The summed E-state index contributed by atoms with van der Waals surface area (Å²) < 4.78 is 10.7. The molecule has 19 heavy (non-hydrogen) atoms. The van der Waals surface area contributed by atoms with Crippen molar-refractivity contribution in [1.29, 1.82) is 0 Å². The molecule has 2 aromatic rings. The molecule has 2 N–H and O–H groups in total. The number of H-pyrrole nitrogens is 1. The summed E-state index contributed by atoms with van der Waals surface area (Å²) in [5.74, 6) is 1.78. The van der Waals surface area contributed by atoms with Crippen LogP contribution in [0.15, 0.2) is 18.5 Å². The van der Waals surface area contributed by atoms with Gasteiger partial charge in [0.15, 0.2) is 11.5 Å². The highest BCUT2D eigenvalue weighted by Gasteiger charge is 2.11. The maximum absolute atomic E-state index is 6.16. The van der Waals surface area contributed by atoms with E-state index in [1.165, 1.54) is 6.33 Å². The van der Waals surface area contributed by atoms with E-state index in [4.69, 9.17) is 21.1 Å². The van der Waals surface area contributed by atoms with Crippen LogP contribution < -0.4 is 14.8 Å². The van der Waals surface area contributed by atoms with Crippen molar-refractivity contribution in [2.24, 2.45) is 0 Å². The van der Waals surface area contributed by atoms with Gasteiger partial charge in [0.2, 0.25) is 5.95 Å². The molecule has 0 aliphatic heterocycles. The zero-order valence-electron chi connectivity index (χ0n) is 10.7. The first-order valence-electron chi connectivity index (χ1n) is 5.83. The smallest absolute Gasteiger partial charge is 0.218 e. The number of rotatable bonds is 6. The minimum absolute atomic E-state index is 0.516. The zero-order valence-corrected chi connectivity index (χ0v) is 11.5. The van der Waals surface area contributed by atoms with Crippen LogP contribution in [0.4, 0.5) is 5.95 Å². The van der Waals surface area contributed by atoms with Crippen molar-refractivity contribution in [2.75, 3.05) is 19.0 Å². The fraction of sp³-hybridized carbons (Fsp3) is 0.333. The molecule has 1 heterocycles. The summed E-state index contributed by atoms with van der Waals surface area (Å²) in [6.07, 6.45) is 1.44. The fourth-order valence-corrected chi connectivity index (χ4v) is 1.97. The van der Waals surface area contributed by atoms with E-state index in [1.807, 2.05) is 19.1 Å². The van der Waals surface area contributed by atoms with Crippen molar-refractivity contribution < 1.29 is 9.47 Å². The lowest BCUT2D eigenvalue weighted by Gasteiger charge is -2.13. The summed E-state index contributed by atoms with van der Waals surface area (Å²) in [5.41, 5.74) is 0.964. The van der Waals surface area contributed by atoms with Crippen LogP contribution in [-0.4, -0.2) is 28.9 Å². The number of halogens is 1. The molecule has 1 aromatic carbocycles. The normalized spacial score (nSPS) is 10.3. The molecule has 0 bridgehead atoms. The summed E-state index contributed by atoms with van der Waals surface area (Å²) in [6.45, 7) is 3.01. The summed E-state index contributed by atoms with van der Waals surface area (Å²) in [5, 5.41) is 10.1. The number of methoxy groups -OCH3 is 1. The van der Waals surface area contributed by atoms with Crippen molar-refractivity contribution in [3.63, 3.8) is 0 Å². The summed E-state index contributed by atoms with van der Waals surface area (Å²) >= 11 is 6.16. The predicted octanol–water partition coefficient (Wildman–Crippen LogP) is 2.48. The topological polar surface area (TPSA) is 72.1 Å². The molecule has 0 spiro atoms. The summed E-state index contributed by atoms with van der Waals surface area (Å²) in [7, 11) is 1.57. The molecule has 0 aliphatic carbocycles. The number of hydrogen-bond acceptors (Lipinski definition) is 5. The van der Waals surface area contributed by atoms with E-state index >= 15 is 0 Å². The molecular formula is C12H15ClN4O2. The Morgan fingerprint density at radius 2 is 2.26 bits per heavy atom. The van der Waals surface area contributed by atoms with Crippen molar-refractivity contribution in [1.82, 2.24) is 15.2 Å². The number of hydrogen-bond donors (Lipinski definition) is 2. The quantitative estimate of drug-likeness (QED) is 0.851. The Labute approximate surface area is 116 Å². The summed E-state index contributed by atoms with van der Waals surface area (Å²) in [6, 6.07) is 3.71. The molecule has 7 heteroatoms. The highest BCUT2D eigenvalue weighted by Crippen LogP contribution is 2.36. The minimum atomic E-state index is 0.516. The van der Waals surface area contributed by atoms with E-state index in [1.54, 1.807) is 7.11 Å². The second-order valence-corrected chi connectivity index (χ2v) is 4.14. The molecule has 0 unspecified atom stereocenters. The first kappa shape index (κ1) is 13.5. The fourth-order valence-electron chi connectivity index (χ4n) is 1.66. The number of anilines is 1. The van der Waals surface area contributed by atoms with Gasteiger partial charge in [-0.1, -0.05) is 11.6 Å². The van der Waals surface area contributed by atoms with Gasteiger partial charge in [-0.15, -0.1) is 0 Å². The predicted molar refractivity (Wildman–Crippen MR) is 72.9 cm³/mol. The molecule has 0 aliphatic rings. The Morgan fingerprint density at radius 3 is 2.89 bits per heavy atom. The standard InChI is InChI=1S/C12H15ClN4O2/c1-3-19-10-5-8(4-9(13)11(10)18-2)6-14-12-15-7-16-17-12/h4-5,7H,3,6H2,1-2H3,(H2,14,15,16,17). The van der Waals surface area contributed by atoms with Crippen molar-refractivity contribution in [3.8, 4) is 11.5 Å². The Hall–Kier alpha value is -1.95. The third-order valence-electron chi connectivity index (χ3n) is 2.45. The van der Waals surface area contributed by atoms with Crippen LogP contribution in [0.25, 0.3) is 0 Å². The Balaban J connectivity index is 2.16. The van der Waals surface area contributed by atoms with Gasteiger partial charge in [-0.2, -0.15) is 5.10 Å². The molecule has 6 nitrogen and oxygen atoms in total. The second-order valence-electron chi connectivity index (χ2n) is 3.73. The molecular weight excluding hydrogens is 268 g/mol. The second kappa shape index (κ2) is 6.29. The third-order valence-corrected chi connectivity index (χ3v) is 2.73. The number of aromatic amines is 1. The SMILES string of the molecule is CCOc1cc(CNc2ncn[nH]2)cc(Cl)c1OC. The molecule has 1 aromatic heterocycles. The van der Waals surface area contributed by atoms with Gasteiger partial charge < -0.3 is 14.8 Å². The van der Waals surface area contributed by atoms with Crippen molar-refractivity contribution in [3.05, 3.63) is 29.0 Å². The van der Waals surface area contributed by atoms with Gasteiger partial charge in [-0.05, 0) is 24.6 Å². The zero-order chi connectivity index (χ0) is 13.7. The maximum Gasteiger partial charge on any atom is 0.218 e. The molecule has 2 rings (SSSR count). The minimum Gasteiger partial charge on any atom is -0.491 e. The molecule has 0 saturated carbocycles. The van der Waals surface area contributed by atoms with Crippen molar-refractivity contribution >= 4 is 17.5 Å². The highest BCUT2D eigenvalue weighted by atomic mass is 35.5. The van der Waals surface area contributed by atoms with E-state index in [0.717, 1.165) is 5.56 Å². The van der Waals surface area contributed by atoms with Crippen LogP contribution in [-0.2, 0) is 6.54 Å². The van der Waals surface area contributed by atoms with Gasteiger partial charge in [0.05, 0.1) is 18.7 Å². The monoisotopic (exact) mass is 282 g/mol. The molecule has 0 amide bonds. The van der Waals surface area contributed by atoms with Crippen LogP contribution in [0.5, 0.6) is 11.5 Å². The lowest BCUT2D eigenvalue weighted by Crippen LogP contribution is -2.03. The largest absolute Gasteiger partial charge is 0.491 e. The van der Waals surface area contributed by atoms with Gasteiger partial charge in [-0.3, -0.25) is 0 Å². The average Bonchev–Trinajstić information content (AvgIpc) is 2.90. The Morgan fingerprint density at radius 1 is 1.42 bits per heavy atom. The van der Waals surface area contributed by atoms with Crippen molar-refractivity contribution in [2.45, 2.75) is 13.5 Å². The first-order chi connectivity index (χ1) is 9.24. The first-order valence-corrected chi connectivity index (χ1v) is 6.20. The van der Waals surface area contributed by atoms with Gasteiger partial charge in [0.25, 0.3) is 0 Å². The summed E-state index contributed by atoms with van der Waals surface area (Å²) in [4.78, 5) is 3.98.